The minimum atomic E-state index is 0.605. The fourth-order valence-corrected chi connectivity index (χ4v) is 2.08. The van der Waals surface area contributed by atoms with E-state index in [0.29, 0.717) is 5.15 Å². The Morgan fingerprint density at radius 2 is 2.29 bits per heavy atom. The van der Waals surface area contributed by atoms with Crippen LogP contribution in [0.5, 0.6) is 0 Å². The molecule has 2 heteroatoms. The van der Waals surface area contributed by atoms with Crippen LogP contribution in [0.1, 0.15) is 25.0 Å². The summed E-state index contributed by atoms with van der Waals surface area (Å²) in [6, 6.07) is 5.86. The topological polar surface area (TPSA) is 12.9 Å². The Morgan fingerprint density at radius 1 is 1.36 bits per heavy atom. The van der Waals surface area contributed by atoms with E-state index < -0.39 is 0 Å². The number of aromatic nitrogens is 1. The molecule has 1 heterocycles. The van der Waals surface area contributed by atoms with Gasteiger partial charge in [0.05, 0.1) is 0 Å². The zero-order chi connectivity index (χ0) is 9.80. The fraction of sp³-hybridized carbons (Fsp3) is 0.417. The average Bonchev–Trinajstić information content (AvgIpc) is 2.19. The summed E-state index contributed by atoms with van der Waals surface area (Å²) >= 11 is 5.84. The lowest BCUT2D eigenvalue weighted by Crippen LogP contribution is -2.07. The van der Waals surface area contributed by atoms with Gasteiger partial charge in [-0.2, -0.15) is 0 Å². The SMILES string of the molecule is Clc1cccc(CC2CC=CCC2)n1. The number of halogens is 1. The quantitative estimate of drug-likeness (QED) is 0.533. The molecule has 14 heavy (non-hydrogen) atoms. The van der Waals surface area contributed by atoms with Gasteiger partial charge >= 0.3 is 0 Å². The second-order valence-corrected chi connectivity index (χ2v) is 4.19. The number of hydrogen-bond acceptors (Lipinski definition) is 1. The summed E-state index contributed by atoms with van der Waals surface area (Å²) in [7, 11) is 0. The molecule has 1 aromatic rings. The van der Waals surface area contributed by atoms with Crippen LogP contribution in [-0.4, -0.2) is 4.98 Å². The van der Waals surface area contributed by atoms with E-state index in [-0.39, 0.29) is 0 Å². The van der Waals surface area contributed by atoms with E-state index in [2.05, 4.69) is 23.2 Å². The summed E-state index contributed by atoms with van der Waals surface area (Å²) in [5, 5.41) is 0.605. The van der Waals surface area contributed by atoms with Crippen LogP contribution >= 0.6 is 11.6 Å². The van der Waals surface area contributed by atoms with Gasteiger partial charge in [0.2, 0.25) is 0 Å². The van der Waals surface area contributed by atoms with E-state index in [1.165, 1.54) is 19.3 Å². The first-order valence-corrected chi connectivity index (χ1v) is 5.49. The van der Waals surface area contributed by atoms with Crippen molar-refractivity contribution in [3.8, 4) is 0 Å². The zero-order valence-electron chi connectivity index (χ0n) is 8.12. The Hall–Kier alpha value is -0.820. The number of hydrogen-bond donors (Lipinski definition) is 0. The molecule has 0 radical (unpaired) electrons. The molecule has 0 aromatic carbocycles. The Labute approximate surface area is 89.8 Å². The molecule has 1 aliphatic rings. The van der Waals surface area contributed by atoms with Gasteiger partial charge in [0.25, 0.3) is 0 Å². The van der Waals surface area contributed by atoms with Gasteiger partial charge in [-0.1, -0.05) is 29.8 Å². The lowest BCUT2D eigenvalue weighted by molar-refractivity contribution is 0.472. The predicted octanol–water partition coefficient (Wildman–Crippen LogP) is 3.63. The van der Waals surface area contributed by atoms with Crippen LogP contribution in [0.25, 0.3) is 0 Å². The Kier molecular flexibility index (Phi) is 3.20. The Morgan fingerprint density at radius 3 is 3.00 bits per heavy atom. The summed E-state index contributed by atoms with van der Waals surface area (Å²) in [6.45, 7) is 0. The van der Waals surface area contributed by atoms with Crippen LogP contribution in [0.4, 0.5) is 0 Å². The highest BCUT2D eigenvalue weighted by Gasteiger charge is 2.11. The first-order chi connectivity index (χ1) is 6.84. The summed E-state index contributed by atoms with van der Waals surface area (Å²) in [4.78, 5) is 4.31. The van der Waals surface area contributed by atoms with E-state index in [1.54, 1.807) is 0 Å². The Bertz CT molecular complexity index is 333. The summed E-state index contributed by atoms with van der Waals surface area (Å²) in [5.74, 6) is 0.756. The highest BCUT2D eigenvalue weighted by molar-refractivity contribution is 6.29. The van der Waals surface area contributed by atoms with Crippen LogP contribution in [0.2, 0.25) is 5.15 Å². The van der Waals surface area contributed by atoms with Crippen molar-refractivity contribution in [1.82, 2.24) is 4.98 Å². The van der Waals surface area contributed by atoms with Gasteiger partial charge in [0.15, 0.2) is 0 Å². The maximum Gasteiger partial charge on any atom is 0.129 e. The second kappa shape index (κ2) is 4.61. The molecule has 74 valence electrons. The molecule has 1 aromatic heterocycles. The van der Waals surface area contributed by atoms with Crippen molar-refractivity contribution in [2.24, 2.45) is 5.92 Å². The van der Waals surface area contributed by atoms with Crippen LogP contribution < -0.4 is 0 Å². The maximum atomic E-state index is 5.84. The third-order valence-corrected chi connectivity index (χ3v) is 2.86. The van der Waals surface area contributed by atoms with E-state index >= 15 is 0 Å². The molecular formula is C12H14ClN. The van der Waals surface area contributed by atoms with Crippen molar-refractivity contribution < 1.29 is 0 Å². The average molecular weight is 208 g/mol. The lowest BCUT2D eigenvalue weighted by atomic mass is 9.90. The number of nitrogens with zero attached hydrogens (tertiary/aromatic N) is 1. The van der Waals surface area contributed by atoms with Gasteiger partial charge in [-0.3, -0.25) is 0 Å². The van der Waals surface area contributed by atoms with Crippen LogP contribution in [0.15, 0.2) is 30.4 Å². The van der Waals surface area contributed by atoms with Gasteiger partial charge < -0.3 is 0 Å². The molecule has 1 nitrogen and oxygen atoms in total. The molecule has 0 aliphatic heterocycles. The van der Waals surface area contributed by atoms with E-state index in [4.69, 9.17) is 11.6 Å². The molecule has 0 spiro atoms. The molecule has 0 N–H and O–H groups in total. The van der Waals surface area contributed by atoms with Crippen molar-refractivity contribution in [1.29, 1.82) is 0 Å². The molecule has 2 rings (SSSR count). The highest BCUT2D eigenvalue weighted by atomic mass is 35.5. The molecule has 1 unspecified atom stereocenters. The minimum absolute atomic E-state index is 0.605. The van der Waals surface area contributed by atoms with Crippen LogP contribution in [0.3, 0.4) is 0 Å². The number of rotatable bonds is 2. The minimum Gasteiger partial charge on any atom is -0.241 e. The van der Waals surface area contributed by atoms with Crippen molar-refractivity contribution in [2.75, 3.05) is 0 Å². The highest BCUT2D eigenvalue weighted by Crippen LogP contribution is 2.22. The zero-order valence-corrected chi connectivity index (χ0v) is 8.87. The fourth-order valence-electron chi connectivity index (χ4n) is 1.90. The lowest BCUT2D eigenvalue weighted by Gasteiger charge is -2.16. The van der Waals surface area contributed by atoms with Crippen molar-refractivity contribution in [3.63, 3.8) is 0 Å². The van der Waals surface area contributed by atoms with Crippen molar-refractivity contribution in [2.45, 2.75) is 25.7 Å². The van der Waals surface area contributed by atoms with E-state index in [9.17, 15) is 0 Å². The normalized spacial score (nSPS) is 21.1. The first kappa shape index (κ1) is 9.72. The predicted molar refractivity (Wildman–Crippen MR) is 59.4 cm³/mol. The van der Waals surface area contributed by atoms with E-state index in [0.717, 1.165) is 18.0 Å². The van der Waals surface area contributed by atoms with Crippen molar-refractivity contribution >= 4 is 11.6 Å². The third-order valence-electron chi connectivity index (χ3n) is 2.65. The molecular weight excluding hydrogens is 194 g/mol. The third kappa shape index (κ3) is 2.58. The van der Waals surface area contributed by atoms with Gasteiger partial charge in [0.1, 0.15) is 5.15 Å². The monoisotopic (exact) mass is 207 g/mol. The molecule has 1 aliphatic carbocycles. The van der Waals surface area contributed by atoms with Crippen LogP contribution in [-0.2, 0) is 6.42 Å². The molecule has 0 fully saturated rings. The van der Waals surface area contributed by atoms with E-state index in [1.807, 2.05) is 12.1 Å². The van der Waals surface area contributed by atoms with Gasteiger partial charge in [-0.15, -0.1) is 0 Å². The van der Waals surface area contributed by atoms with Gasteiger partial charge in [0, 0.05) is 5.69 Å². The number of pyridine rings is 1. The maximum absolute atomic E-state index is 5.84. The molecule has 0 saturated carbocycles. The molecule has 0 saturated heterocycles. The Balaban J connectivity index is 1.99. The summed E-state index contributed by atoms with van der Waals surface area (Å²) in [5.41, 5.74) is 1.12. The van der Waals surface area contributed by atoms with Crippen molar-refractivity contribution in [3.05, 3.63) is 41.2 Å². The second-order valence-electron chi connectivity index (χ2n) is 3.81. The largest absolute Gasteiger partial charge is 0.241 e. The van der Waals surface area contributed by atoms with Gasteiger partial charge in [-0.05, 0) is 43.7 Å². The first-order valence-electron chi connectivity index (χ1n) is 5.11. The summed E-state index contributed by atoms with van der Waals surface area (Å²) in [6.07, 6.45) is 9.29. The summed E-state index contributed by atoms with van der Waals surface area (Å²) < 4.78 is 0. The molecule has 1 atom stereocenters. The number of allylic oxidation sites excluding steroid dienone is 2. The van der Waals surface area contributed by atoms with Crippen LogP contribution in [0, 0.1) is 5.92 Å². The molecule has 0 bridgehead atoms. The smallest absolute Gasteiger partial charge is 0.129 e. The molecule has 0 amide bonds. The standard InChI is InChI=1S/C12H14ClN/c13-12-8-4-7-11(14-12)9-10-5-2-1-3-6-10/h1-2,4,7-8,10H,3,5-6,9H2. The van der Waals surface area contributed by atoms with Gasteiger partial charge in [-0.25, -0.2) is 4.98 Å².